The normalized spacial score (nSPS) is 15.4. The number of aromatic hydroxyl groups is 1. The highest BCUT2D eigenvalue weighted by atomic mass is 32.2. The van der Waals surface area contributed by atoms with Gasteiger partial charge < -0.3 is 20.1 Å². The monoisotopic (exact) mass is 423 g/mol. The molecule has 3 aromatic rings. The number of hydrogen-bond donors (Lipinski definition) is 3. The minimum absolute atomic E-state index is 0.0146. The molecule has 0 spiro atoms. The van der Waals surface area contributed by atoms with Gasteiger partial charge in [0.1, 0.15) is 5.82 Å². The highest BCUT2D eigenvalue weighted by molar-refractivity contribution is 7.98. The molecule has 0 bridgehead atoms. The van der Waals surface area contributed by atoms with E-state index < -0.39 is 5.92 Å². The van der Waals surface area contributed by atoms with Gasteiger partial charge in [-0.3, -0.25) is 9.59 Å². The fourth-order valence-electron chi connectivity index (χ4n) is 3.45. The lowest BCUT2D eigenvalue weighted by molar-refractivity contribution is -0.116. The Morgan fingerprint density at radius 1 is 1.20 bits per heavy atom. The Labute approximate surface area is 177 Å². The van der Waals surface area contributed by atoms with Crippen LogP contribution in [-0.4, -0.2) is 27.6 Å². The summed E-state index contributed by atoms with van der Waals surface area (Å²) in [5, 5.41) is 13.1. The van der Waals surface area contributed by atoms with Crippen LogP contribution < -0.4 is 15.6 Å². The Balaban J connectivity index is 1.67. The Bertz CT molecular complexity index is 1130. The van der Waals surface area contributed by atoms with E-state index in [1.165, 1.54) is 17.8 Å². The number of nitrogens with zero attached hydrogens (tertiary/aromatic N) is 1. The second-order valence-electron chi connectivity index (χ2n) is 6.87. The van der Waals surface area contributed by atoms with Gasteiger partial charge in [0.05, 0.1) is 12.2 Å². The molecular formula is C22H21N3O4S. The number of carbonyl (C=O) groups excluding carboxylic acids is 1. The van der Waals surface area contributed by atoms with E-state index in [1.54, 1.807) is 12.1 Å². The molecule has 2 heterocycles. The third-order valence-corrected chi connectivity index (χ3v) is 5.78. The van der Waals surface area contributed by atoms with Gasteiger partial charge in [0.2, 0.25) is 5.91 Å². The number of benzene rings is 2. The van der Waals surface area contributed by atoms with E-state index >= 15 is 0 Å². The summed E-state index contributed by atoms with van der Waals surface area (Å²) < 4.78 is 5.45. The largest absolute Gasteiger partial charge is 0.504 e. The van der Waals surface area contributed by atoms with Crippen LogP contribution in [0.4, 0.5) is 5.82 Å². The minimum atomic E-state index is -0.474. The van der Waals surface area contributed by atoms with Gasteiger partial charge in [0.15, 0.2) is 16.7 Å². The molecule has 0 unspecified atom stereocenters. The molecule has 0 aliphatic carbocycles. The van der Waals surface area contributed by atoms with E-state index in [0.717, 1.165) is 5.56 Å². The summed E-state index contributed by atoms with van der Waals surface area (Å²) in [6.45, 7) is 2.21. The maximum atomic E-state index is 12.9. The van der Waals surface area contributed by atoms with E-state index in [9.17, 15) is 14.7 Å². The summed E-state index contributed by atoms with van der Waals surface area (Å²) in [5.41, 5.74) is 1.94. The van der Waals surface area contributed by atoms with Crippen molar-refractivity contribution in [1.29, 1.82) is 0 Å². The third kappa shape index (κ3) is 4.18. The maximum Gasteiger partial charge on any atom is 0.257 e. The average molecular weight is 423 g/mol. The van der Waals surface area contributed by atoms with Crippen molar-refractivity contribution in [2.24, 2.45) is 0 Å². The quantitative estimate of drug-likeness (QED) is 0.413. The lowest BCUT2D eigenvalue weighted by Crippen LogP contribution is -2.31. The van der Waals surface area contributed by atoms with Crippen LogP contribution in [0.2, 0.25) is 0 Å². The van der Waals surface area contributed by atoms with E-state index in [2.05, 4.69) is 15.3 Å². The van der Waals surface area contributed by atoms with Crippen LogP contribution in [0.5, 0.6) is 11.5 Å². The zero-order valence-corrected chi connectivity index (χ0v) is 17.2. The molecule has 1 aliphatic rings. The SMILES string of the molecule is CCOc1cc([C@@H]2CC(=O)Nc3nc(SCc4ccccc4)[nH]c(=O)c32)ccc1O. The molecule has 7 nitrogen and oxygen atoms in total. The highest BCUT2D eigenvalue weighted by Crippen LogP contribution is 2.38. The second kappa shape index (κ2) is 8.62. The molecule has 154 valence electrons. The fourth-order valence-corrected chi connectivity index (χ4v) is 4.26. The van der Waals surface area contributed by atoms with Gasteiger partial charge in [-0.1, -0.05) is 48.2 Å². The van der Waals surface area contributed by atoms with Gasteiger partial charge in [-0.25, -0.2) is 4.98 Å². The molecule has 1 amide bonds. The van der Waals surface area contributed by atoms with Crippen molar-refractivity contribution >= 4 is 23.5 Å². The maximum absolute atomic E-state index is 12.9. The van der Waals surface area contributed by atoms with E-state index in [1.807, 2.05) is 37.3 Å². The molecule has 0 saturated carbocycles. The molecule has 2 aromatic carbocycles. The van der Waals surface area contributed by atoms with E-state index in [4.69, 9.17) is 4.74 Å². The summed E-state index contributed by atoms with van der Waals surface area (Å²) >= 11 is 1.40. The number of carbonyl (C=O) groups is 1. The molecule has 3 N–H and O–H groups in total. The summed E-state index contributed by atoms with van der Waals surface area (Å²) in [6.07, 6.45) is 0.116. The lowest BCUT2D eigenvalue weighted by Gasteiger charge is -2.25. The topological polar surface area (TPSA) is 104 Å². The zero-order chi connectivity index (χ0) is 21.1. The molecule has 4 rings (SSSR count). The van der Waals surface area contributed by atoms with Crippen LogP contribution in [0.3, 0.4) is 0 Å². The van der Waals surface area contributed by atoms with Crippen molar-refractivity contribution in [3.63, 3.8) is 0 Å². The Kier molecular flexibility index (Phi) is 5.76. The van der Waals surface area contributed by atoms with Gasteiger partial charge in [-0.05, 0) is 30.2 Å². The number of aromatic nitrogens is 2. The van der Waals surface area contributed by atoms with Crippen LogP contribution in [-0.2, 0) is 10.5 Å². The van der Waals surface area contributed by atoms with Crippen LogP contribution in [0, 0.1) is 0 Å². The minimum Gasteiger partial charge on any atom is -0.504 e. The number of rotatable bonds is 6. The Hall–Kier alpha value is -3.26. The van der Waals surface area contributed by atoms with Crippen molar-refractivity contribution in [2.45, 2.75) is 30.2 Å². The first-order valence-corrected chi connectivity index (χ1v) is 10.6. The number of nitrogens with one attached hydrogen (secondary N) is 2. The molecule has 0 saturated heterocycles. The number of phenolic OH excluding ortho intramolecular Hbond substituents is 1. The smallest absolute Gasteiger partial charge is 0.257 e. The number of H-pyrrole nitrogens is 1. The summed E-state index contributed by atoms with van der Waals surface area (Å²) in [6, 6.07) is 14.7. The van der Waals surface area contributed by atoms with Crippen molar-refractivity contribution in [3.05, 3.63) is 75.6 Å². The number of anilines is 1. The number of aromatic amines is 1. The van der Waals surface area contributed by atoms with E-state index in [-0.39, 0.29) is 29.5 Å². The van der Waals surface area contributed by atoms with Gasteiger partial charge in [-0.2, -0.15) is 0 Å². The van der Waals surface area contributed by atoms with Gasteiger partial charge in [-0.15, -0.1) is 0 Å². The van der Waals surface area contributed by atoms with Crippen molar-refractivity contribution in [1.82, 2.24) is 9.97 Å². The zero-order valence-electron chi connectivity index (χ0n) is 16.3. The van der Waals surface area contributed by atoms with Crippen LogP contribution in [0.1, 0.15) is 36.0 Å². The van der Waals surface area contributed by atoms with Gasteiger partial charge in [0, 0.05) is 18.1 Å². The summed E-state index contributed by atoms with van der Waals surface area (Å²) in [7, 11) is 0. The van der Waals surface area contributed by atoms with Crippen molar-refractivity contribution < 1.29 is 14.6 Å². The summed E-state index contributed by atoms with van der Waals surface area (Å²) in [4.78, 5) is 32.6. The molecule has 1 aromatic heterocycles. The predicted molar refractivity (Wildman–Crippen MR) is 115 cm³/mol. The first-order chi connectivity index (χ1) is 14.5. The number of phenols is 1. The first-order valence-electron chi connectivity index (χ1n) is 9.61. The van der Waals surface area contributed by atoms with Gasteiger partial charge in [0.25, 0.3) is 5.56 Å². The number of fused-ring (bicyclic) bond motifs is 1. The van der Waals surface area contributed by atoms with Gasteiger partial charge >= 0.3 is 0 Å². The first kappa shape index (κ1) is 20.0. The Morgan fingerprint density at radius 3 is 2.77 bits per heavy atom. The molecule has 0 radical (unpaired) electrons. The third-order valence-electron chi connectivity index (χ3n) is 4.83. The summed E-state index contributed by atoms with van der Waals surface area (Å²) in [5.74, 6) is 0.577. The molecule has 1 aliphatic heterocycles. The van der Waals surface area contributed by atoms with Crippen molar-refractivity contribution in [3.8, 4) is 11.5 Å². The van der Waals surface area contributed by atoms with Crippen molar-refractivity contribution in [2.75, 3.05) is 11.9 Å². The standard InChI is InChI=1S/C22H21N3O4S/c1-2-29-17-10-14(8-9-16(17)26)15-11-18(27)23-20-19(15)21(28)25-22(24-20)30-12-13-6-4-3-5-7-13/h3-10,15,26H,2,11-12H2,1H3,(H2,23,24,25,27,28)/t15-/m0/s1. The average Bonchev–Trinajstić information content (AvgIpc) is 2.74. The van der Waals surface area contributed by atoms with E-state index in [0.29, 0.717) is 34.4 Å². The highest BCUT2D eigenvalue weighted by Gasteiger charge is 2.31. The molecule has 8 heteroatoms. The van der Waals surface area contributed by atoms with Crippen LogP contribution in [0.15, 0.2) is 58.5 Å². The van der Waals surface area contributed by atoms with Crippen LogP contribution >= 0.6 is 11.8 Å². The van der Waals surface area contributed by atoms with Crippen LogP contribution in [0.25, 0.3) is 0 Å². The number of hydrogen-bond acceptors (Lipinski definition) is 6. The number of ether oxygens (including phenoxy) is 1. The molecule has 30 heavy (non-hydrogen) atoms. The number of amides is 1. The molecule has 1 atom stereocenters. The second-order valence-corrected chi connectivity index (χ2v) is 7.84. The predicted octanol–water partition coefficient (Wildman–Crippen LogP) is 3.64. The number of thioether (sulfide) groups is 1. The lowest BCUT2D eigenvalue weighted by atomic mass is 9.86. The molecular weight excluding hydrogens is 402 g/mol. The molecule has 0 fully saturated rings. The fraction of sp³-hybridized carbons (Fsp3) is 0.227. The Morgan fingerprint density at radius 2 is 2.00 bits per heavy atom.